The van der Waals surface area contributed by atoms with Gasteiger partial charge in [-0.05, 0) is 63.1 Å². The van der Waals surface area contributed by atoms with Gasteiger partial charge in [0.1, 0.15) is 11.5 Å². The highest BCUT2D eigenvalue weighted by Gasteiger charge is 2.41. The van der Waals surface area contributed by atoms with Crippen molar-refractivity contribution in [3.63, 3.8) is 0 Å². The van der Waals surface area contributed by atoms with Crippen LogP contribution in [0.4, 0.5) is 0 Å². The molecule has 2 aliphatic rings. The van der Waals surface area contributed by atoms with Crippen LogP contribution in [0.15, 0.2) is 36.4 Å². The Bertz CT molecular complexity index is 988. The van der Waals surface area contributed by atoms with Gasteiger partial charge in [-0.2, -0.15) is 0 Å². The smallest absolute Gasteiger partial charge is 0.338 e. The Kier molecular flexibility index (Phi) is 7.93. The van der Waals surface area contributed by atoms with Crippen LogP contribution in [0.1, 0.15) is 71.4 Å². The minimum atomic E-state index is -0.399. The molecule has 4 rings (SSSR count). The molecule has 1 aliphatic carbocycles. The zero-order chi connectivity index (χ0) is 24.9. The number of fused-ring (bicyclic) bond motifs is 1. The number of esters is 2. The minimum Gasteiger partial charge on any atom is -0.508 e. The molecule has 0 radical (unpaired) electrons. The van der Waals surface area contributed by atoms with Crippen LogP contribution >= 0.6 is 0 Å². The number of carbonyl (C=O) groups is 2. The van der Waals surface area contributed by atoms with Crippen molar-refractivity contribution < 1.29 is 29.3 Å². The molecule has 0 spiro atoms. The second-order valence-corrected chi connectivity index (χ2v) is 9.18. The van der Waals surface area contributed by atoms with Gasteiger partial charge in [0.2, 0.25) is 0 Å². The number of ether oxygens (including phenoxy) is 2. The number of hydrogen-bond donors (Lipinski definition) is 2. The molecule has 1 saturated carbocycles. The van der Waals surface area contributed by atoms with Gasteiger partial charge in [0.05, 0.1) is 31.0 Å². The molecule has 0 bridgehead atoms. The number of hydrogen-bond acceptors (Lipinski definition) is 8. The van der Waals surface area contributed by atoms with Crippen LogP contribution in [0.25, 0.3) is 0 Å². The van der Waals surface area contributed by atoms with Gasteiger partial charge in [0.25, 0.3) is 0 Å². The van der Waals surface area contributed by atoms with Crippen LogP contribution in [0.3, 0.4) is 0 Å². The predicted molar refractivity (Wildman–Crippen MR) is 130 cm³/mol. The van der Waals surface area contributed by atoms with Crippen LogP contribution < -0.4 is 0 Å². The molecule has 1 aliphatic heterocycles. The number of rotatable bonds is 8. The summed E-state index contributed by atoms with van der Waals surface area (Å²) in [6.07, 6.45) is 4.39. The summed E-state index contributed by atoms with van der Waals surface area (Å²) in [6.45, 7) is 5.79. The third-order valence-electron chi connectivity index (χ3n) is 6.92. The van der Waals surface area contributed by atoms with E-state index in [1.165, 1.54) is 0 Å². The van der Waals surface area contributed by atoms with Crippen LogP contribution in [-0.4, -0.2) is 63.9 Å². The maximum Gasteiger partial charge on any atom is 0.338 e. The van der Waals surface area contributed by atoms with E-state index in [0.717, 1.165) is 25.7 Å². The van der Waals surface area contributed by atoms with Crippen molar-refractivity contribution in [3.8, 4) is 11.5 Å². The van der Waals surface area contributed by atoms with Gasteiger partial charge in [-0.25, -0.2) is 9.59 Å². The van der Waals surface area contributed by atoms with Crippen molar-refractivity contribution in [1.82, 2.24) is 9.80 Å². The van der Waals surface area contributed by atoms with E-state index in [0.29, 0.717) is 67.3 Å². The second-order valence-electron chi connectivity index (χ2n) is 9.18. The first kappa shape index (κ1) is 25.0. The van der Waals surface area contributed by atoms with Gasteiger partial charge in [0, 0.05) is 36.3 Å². The zero-order valence-corrected chi connectivity index (χ0v) is 20.4. The summed E-state index contributed by atoms with van der Waals surface area (Å²) in [4.78, 5) is 29.1. The summed E-state index contributed by atoms with van der Waals surface area (Å²) >= 11 is 0. The summed E-state index contributed by atoms with van der Waals surface area (Å²) in [5.74, 6) is -0.485. The Labute approximate surface area is 206 Å². The molecule has 8 nitrogen and oxygen atoms in total. The van der Waals surface area contributed by atoms with Gasteiger partial charge >= 0.3 is 11.9 Å². The number of nitrogens with zero attached hydrogens (tertiary/aromatic N) is 2. The normalized spacial score (nSPS) is 20.4. The monoisotopic (exact) mass is 482 g/mol. The van der Waals surface area contributed by atoms with Gasteiger partial charge in [-0.3, -0.25) is 9.80 Å². The van der Waals surface area contributed by atoms with E-state index in [-0.39, 0.29) is 11.5 Å². The Morgan fingerprint density at radius 3 is 1.63 bits per heavy atom. The third kappa shape index (κ3) is 5.60. The molecule has 188 valence electrons. The molecule has 2 N–H and O–H groups in total. The van der Waals surface area contributed by atoms with Crippen LogP contribution in [0.2, 0.25) is 0 Å². The van der Waals surface area contributed by atoms with Crippen molar-refractivity contribution in [3.05, 3.63) is 58.7 Å². The molecule has 0 unspecified atom stereocenters. The number of benzene rings is 2. The first-order chi connectivity index (χ1) is 16.9. The molecular formula is C27H34N2O6. The van der Waals surface area contributed by atoms with Crippen molar-refractivity contribution >= 4 is 11.9 Å². The first-order valence-corrected chi connectivity index (χ1v) is 12.4. The SMILES string of the molecule is CCOC(=O)c1ccc(O)c(CN2CN(Cc3cc(C(=O)OCC)ccc3O)[C@@H]3CCCC[C@H]32)c1. The quantitative estimate of drug-likeness (QED) is 0.544. The standard InChI is InChI=1S/C27H34N2O6/c1-3-34-26(32)18-9-11-24(30)20(13-18)15-28-17-29(23-8-6-5-7-22(23)28)16-21-14-19(10-12-25(21)31)27(33)35-4-2/h9-14,22-23,30-31H,3-8,15-17H2,1-2H3/t22-,23-/m1/s1. The average molecular weight is 483 g/mol. The van der Waals surface area contributed by atoms with E-state index in [1.54, 1.807) is 50.2 Å². The molecule has 1 heterocycles. The molecule has 1 saturated heterocycles. The summed E-state index contributed by atoms with van der Waals surface area (Å²) in [5.41, 5.74) is 2.23. The van der Waals surface area contributed by atoms with Crippen molar-refractivity contribution in [2.75, 3.05) is 19.9 Å². The van der Waals surface area contributed by atoms with Crippen molar-refractivity contribution in [1.29, 1.82) is 0 Å². The fraction of sp³-hybridized carbons (Fsp3) is 0.481. The molecule has 0 amide bonds. The van der Waals surface area contributed by atoms with Gasteiger partial charge in [-0.15, -0.1) is 0 Å². The molecule has 8 heteroatoms. The van der Waals surface area contributed by atoms with Crippen LogP contribution in [-0.2, 0) is 22.6 Å². The van der Waals surface area contributed by atoms with Gasteiger partial charge in [-0.1, -0.05) is 12.8 Å². The number of phenolic OH excluding ortho intramolecular Hbond substituents is 2. The lowest BCUT2D eigenvalue weighted by molar-refractivity contribution is 0.0516. The highest BCUT2D eigenvalue weighted by atomic mass is 16.5. The highest BCUT2D eigenvalue weighted by molar-refractivity contribution is 5.90. The van der Waals surface area contributed by atoms with E-state index in [9.17, 15) is 19.8 Å². The van der Waals surface area contributed by atoms with Crippen LogP contribution in [0, 0.1) is 0 Å². The third-order valence-corrected chi connectivity index (χ3v) is 6.92. The Balaban J connectivity index is 1.54. The molecule has 2 aromatic carbocycles. The lowest BCUT2D eigenvalue weighted by atomic mass is 9.89. The van der Waals surface area contributed by atoms with E-state index in [2.05, 4.69) is 9.80 Å². The fourth-order valence-electron chi connectivity index (χ4n) is 5.27. The molecule has 2 atom stereocenters. The van der Waals surface area contributed by atoms with E-state index in [4.69, 9.17) is 9.47 Å². The van der Waals surface area contributed by atoms with Crippen LogP contribution in [0.5, 0.6) is 11.5 Å². The first-order valence-electron chi connectivity index (χ1n) is 12.4. The number of phenols is 2. The lowest BCUT2D eigenvalue weighted by Gasteiger charge is -2.32. The number of aromatic hydroxyl groups is 2. The molecule has 2 fully saturated rings. The fourth-order valence-corrected chi connectivity index (χ4v) is 5.27. The summed E-state index contributed by atoms with van der Waals surface area (Å²) in [6, 6.07) is 10.3. The van der Waals surface area contributed by atoms with E-state index < -0.39 is 11.9 Å². The Hall–Kier alpha value is -3.10. The largest absolute Gasteiger partial charge is 0.508 e. The summed E-state index contributed by atoms with van der Waals surface area (Å²) in [5, 5.41) is 21.0. The maximum absolute atomic E-state index is 12.2. The second kappa shape index (κ2) is 11.1. The van der Waals surface area contributed by atoms with Crippen molar-refractivity contribution in [2.45, 2.75) is 64.7 Å². The van der Waals surface area contributed by atoms with Gasteiger partial charge in [0.15, 0.2) is 0 Å². The predicted octanol–water partition coefficient (Wildman–Crippen LogP) is 4.04. The molecule has 2 aromatic rings. The van der Waals surface area contributed by atoms with E-state index in [1.807, 2.05) is 0 Å². The lowest BCUT2D eigenvalue weighted by Crippen LogP contribution is -2.39. The minimum absolute atomic E-state index is 0.156. The van der Waals surface area contributed by atoms with Gasteiger partial charge < -0.3 is 19.7 Å². The Morgan fingerprint density at radius 2 is 1.23 bits per heavy atom. The Morgan fingerprint density at radius 1 is 0.800 bits per heavy atom. The molecule has 0 aromatic heterocycles. The van der Waals surface area contributed by atoms with E-state index >= 15 is 0 Å². The topological polar surface area (TPSA) is 99.5 Å². The summed E-state index contributed by atoms with van der Waals surface area (Å²) in [7, 11) is 0. The maximum atomic E-state index is 12.2. The summed E-state index contributed by atoms with van der Waals surface area (Å²) < 4.78 is 10.2. The zero-order valence-electron chi connectivity index (χ0n) is 20.4. The molecule has 35 heavy (non-hydrogen) atoms. The van der Waals surface area contributed by atoms with Crippen molar-refractivity contribution in [2.24, 2.45) is 0 Å². The highest BCUT2D eigenvalue weighted by Crippen LogP contribution is 2.36. The number of carbonyl (C=O) groups excluding carboxylic acids is 2. The molecular weight excluding hydrogens is 448 g/mol. The average Bonchev–Trinajstić information content (AvgIpc) is 3.19.